The van der Waals surface area contributed by atoms with Crippen LogP contribution in [-0.4, -0.2) is 9.78 Å². The van der Waals surface area contributed by atoms with Gasteiger partial charge in [0.05, 0.1) is 5.69 Å². The number of hydrogen-bond donors (Lipinski definition) is 1. The monoisotopic (exact) mass is 341 g/mol. The molecule has 104 valence electrons. The third-order valence-corrected chi connectivity index (χ3v) is 5.36. The van der Waals surface area contributed by atoms with Crippen molar-refractivity contribution in [2.45, 2.75) is 46.8 Å². The molecule has 1 unspecified atom stereocenters. The minimum Gasteiger partial charge on any atom is -0.305 e. The number of rotatable bonds is 5. The van der Waals surface area contributed by atoms with Crippen LogP contribution in [0, 0.1) is 13.8 Å². The van der Waals surface area contributed by atoms with Crippen LogP contribution in [0.1, 0.15) is 41.7 Å². The maximum atomic E-state index is 4.58. The zero-order valence-electron chi connectivity index (χ0n) is 11.8. The fourth-order valence-electron chi connectivity index (χ4n) is 2.44. The average Bonchev–Trinajstić information content (AvgIpc) is 2.90. The van der Waals surface area contributed by atoms with Crippen LogP contribution >= 0.6 is 27.3 Å². The molecular weight excluding hydrogens is 322 g/mol. The van der Waals surface area contributed by atoms with Crippen LogP contribution < -0.4 is 5.32 Å². The molecule has 0 saturated carbocycles. The highest BCUT2D eigenvalue weighted by molar-refractivity contribution is 9.10. The molecule has 5 heteroatoms. The smallest absolute Gasteiger partial charge is 0.0644 e. The molecule has 2 heterocycles. The van der Waals surface area contributed by atoms with Gasteiger partial charge in [-0.2, -0.15) is 5.10 Å². The van der Waals surface area contributed by atoms with Gasteiger partial charge in [0.25, 0.3) is 0 Å². The van der Waals surface area contributed by atoms with Crippen molar-refractivity contribution in [2.75, 3.05) is 0 Å². The highest BCUT2D eigenvalue weighted by Crippen LogP contribution is 2.25. The lowest BCUT2D eigenvalue weighted by Gasteiger charge is -2.14. The Bertz CT molecular complexity index is 559. The SMILES string of the molecule is CCn1nc(C)c(C(C)NCc2sccc2Br)c1C. The number of hydrogen-bond acceptors (Lipinski definition) is 3. The molecule has 0 saturated heterocycles. The van der Waals surface area contributed by atoms with Crippen molar-refractivity contribution >= 4 is 27.3 Å². The van der Waals surface area contributed by atoms with Crippen molar-refractivity contribution in [1.82, 2.24) is 15.1 Å². The predicted molar refractivity (Wildman–Crippen MR) is 84.6 cm³/mol. The van der Waals surface area contributed by atoms with Crippen molar-refractivity contribution in [3.05, 3.63) is 37.7 Å². The summed E-state index contributed by atoms with van der Waals surface area (Å²) < 4.78 is 3.26. The second-order valence-electron chi connectivity index (χ2n) is 4.69. The Balaban J connectivity index is 2.10. The summed E-state index contributed by atoms with van der Waals surface area (Å²) in [7, 11) is 0. The summed E-state index contributed by atoms with van der Waals surface area (Å²) in [4.78, 5) is 1.34. The van der Waals surface area contributed by atoms with Gasteiger partial charge in [-0.1, -0.05) is 0 Å². The van der Waals surface area contributed by atoms with E-state index in [-0.39, 0.29) is 0 Å². The Morgan fingerprint density at radius 3 is 2.74 bits per heavy atom. The fraction of sp³-hybridized carbons (Fsp3) is 0.500. The number of aromatic nitrogens is 2. The summed E-state index contributed by atoms with van der Waals surface area (Å²) in [5.41, 5.74) is 3.73. The Morgan fingerprint density at radius 1 is 1.47 bits per heavy atom. The molecule has 1 N–H and O–H groups in total. The number of halogens is 1. The van der Waals surface area contributed by atoms with Gasteiger partial charge in [0.2, 0.25) is 0 Å². The summed E-state index contributed by atoms with van der Waals surface area (Å²) >= 11 is 5.35. The quantitative estimate of drug-likeness (QED) is 0.883. The van der Waals surface area contributed by atoms with Gasteiger partial charge in [-0.15, -0.1) is 11.3 Å². The summed E-state index contributed by atoms with van der Waals surface area (Å²) in [6.07, 6.45) is 0. The highest BCUT2D eigenvalue weighted by Gasteiger charge is 2.16. The van der Waals surface area contributed by atoms with Crippen molar-refractivity contribution in [1.29, 1.82) is 0 Å². The topological polar surface area (TPSA) is 29.9 Å². The first-order valence-electron chi connectivity index (χ1n) is 6.53. The molecule has 19 heavy (non-hydrogen) atoms. The highest BCUT2D eigenvalue weighted by atomic mass is 79.9. The Morgan fingerprint density at radius 2 is 2.21 bits per heavy atom. The summed E-state index contributed by atoms with van der Waals surface area (Å²) in [6.45, 7) is 10.4. The Labute approximate surface area is 127 Å². The molecule has 2 rings (SSSR count). The Hall–Kier alpha value is -0.650. The first-order chi connectivity index (χ1) is 9.04. The van der Waals surface area contributed by atoms with Gasteiger partial charge in [0, 0.05) is 39.7 Å². The lowest BCUT2D eigenvalue weighted by molar-refractivity contribution is 0.569. The maximum Gasteiger partial charge on any atom is 0.0644 e. The summed E-state index contributed by atoms with van der Waals surface area (Å²) in [5, 5.41) is 10.3. The zero-order valence-corrected chi connectivity index (χ0v) is 14.2. The van der Waals surface area contributed by atoms with E-state index in [1.165, 1.54) is 20.6 Å². The van der Waals surface area contributed by atoms with E-state index in [0.29, 0.717) is 6.04 Å². The standard InChI is InChI=1S/C14H20BrN3S/c1-5-18-11(4)14(10(3)17-18)9(2)16-8-13-12(15)6-7-19-13/h6-7,9,16H,5,8H2,1-4H3. The largest absolute Gasteiger partial charge is 0.305 e. The van der Waals surface area contributed by atoms with E-state index in [0.717, 1.165) is 18.8 Å². The molecule has 0 aromatic carbocycles. The number of thiophene rings is 1. The average molecular weight is 342 g/mol. The number of nitrogens with one attached hydrogen (secondary N) is 1. The van der Waals surface area contributed by atoms with Crippen LogP contribution in [0.2, 0.25) is 0 Å². The van der Waals surface area contributed by atoms with Gasteiger partial charge in [-0.25, -0.2) is 0 Å². The molecule has 0 aliphatic heterocycles. The Kier molecular flexibility index (Phi) is 4.81. The second-order valence-corrected chi connectivity index (χ2v) is 6.55. The van der Waals surface area contributed by atoms with Gasteiger partial charge >= 0.3 is 0 Å². The molecule has 2 aromatic heterocycles. The van der Waals surface area contributed by atoms with Crippen molar-refractivity contribution in [2.24, 2.45) is 0 Å². The van der Waals surface area contributed by atoms with E-state index in [1.54, 1.807) is 11.3 Å². The molecule has 0 aliphatic rings. The van der Waals surface area contributed by atoms with Crippen molar-refractivity contribution < 1.29 is 0 Å². The summed E-state index contributed by atoms with van der Waals surface area (Å²) in [5.74, 6) is 0. The van der Waals surface area contributed by atoms with Gasteiger partial charge in [-0.05, 0) is 55.1 Å². The van der Waals surface area contributed by atoms with E-state index >= 15 is 0 Å². The first-order valence-corrected chi connectivity index (χ1v) is 8.21. The van der Waals surface area contributed by atoms with E-state index in [4.69, 9.17) is 0 Å². The zero-order chi connectivity index (χ0) is 14.0. The van der Waals surface area contributed by atoms with Crippen LogP contribution in [0.4, 0.5) is 0 Å². The van der Waals surface area contributed by atoms with Gasteiger partial charge < -0.3 is 5.32 Å². The summed E-state index contributed by atoms with van der Waals surface area (Å²) in [6, 6.07) is 2.41. The minimum absolute atomic E-state index is 0.314. The van der Waals surface area contributed by atoms with E-state index in [9.17, 15) is 0 Å². The van der Waals surface area contributed by atoms with Crippen molar-refractivity contribution in [3.63, 3.8) is 0 Å². The van der Waals surface area contributed by atoms with Gasteiger partial charge in [0.15, 0.2) is 0 Å². The molecule has 0 bridgehead atoms. The third-order valence-electron chi connectivity index (χ3n) is 3.43. The second kappa shape index (κ2) is 6.20. The molecule has 0 amide bonds. The van der Waals surface area contributed by atoms with Crippen LogP contribution in [-0.2, 0) is 13.1 Å². The minimum atomic E-state index is 0.314. The molecule has 0 fully saturated rings. The molecule has 0 spiro atoms. The molecule has 3 nitrogen and oxygen atoms in total. The van der Waals surface area contributed by atoms with Crippen molar-refractivity contribution in [3.8, 4) is 0 Å². The van der Waals surface area contributed by atoms with Gasteiger partial charge in [-0.3, -0.25) is 4.68 Å². The van der Waals surface area contributed by atoms with E-state index in [1.807, 2.05) is 0 Å². The molecule has 0 radical (unpaired) electrons. The van der Waals surface area contributed by atoms with Crippen LogP contribution in [0.5, 0.6) is 0 Å². The number of nitrogens with zero attached hydrogens (tertiary/aromatic N) is 2. The van der Waals surface area contributed by atoms with Crippen LogP contribution in [0.3, 0.4) is 0 Å². The molecular formula is C14H20BrN3S. The van der Waals surface area contributed by atoms with E-state index < -0.39 is 0 Å². The number of aryl methyl sites for hydroxylation is 2. The predicted octanol–water partition coefficient (Wildman–Crippen LogP) is 4.19. The van der Waals surface area contributed by atoms with Gasteiger partial charge in [0.1, 0.15) is 0 Å². The fourth-order valence-corrected chi connectivity index (χ4v) is 3.89. The van der Waals surface area contributed by atoms with E-state index in [2.05, 4.69) is 70.2 Å². The van der Waals surface area contributed by atoms with Crippen LogP contribution in [0.25, 0.3) is 0 Å². The first kappa shape index (κ1) is 14.8. The molecule has 0 aliphatic carbocycles. The molecule has 2 aromatic rings. The molecule has 1 atom stereocenters. The normalized spacial score (nSPS) is 12.9. The van der Waals surface area contributed by atoms with Crippen LogP contribution in [0.15, 0.2) is 15.9 Å². The third kappa shape index (κ3) is 3.09. The lowest BCUT2D eigenvalue weighted by Crippen LogP contribution is -2.19. The lowest BCUT2D eigenvalue weighted by atomic mass is 10.1. The maximum absolute atomic E-state index is 4.58.